The van der Waals surface area contributed by atoms with E-state index < -0.39 is 7.52 Å². The van der Waals surface area contributed by atoms with E-state index in [1.54, 1.807) is 6.20 Å². The third-order valence-corrected chi connectivity index (χ3v) is 7.34. The molecule has 1 fully saturated rings. The van der Waals surface area contributed by atoms with Crippen LogP contribution in [0.3, 0.4) is 0 Å². The summed E-state index contributed by atoms with van der Waals surface area (Å²) in [6.45, 7) is 6.72. The van der Waals surface area contributed by atoms with Crippen molar-refractivity contribution in [1.29, 1.82) is 0 Å². The van der Waals surface area contributed by atoms with Crippen molar-refractivity contribution in [3.63, 3.8) is 0 Å². The molecule has 3 rings (SSSR count). The van der Waals surface area contributed by atoms with Gasteiger partial charge >= 0.3 is 7.52 Å². The van der Waals surface area contributed by atoms with Gasteiger partial charge in [-0.25, -0.2) is 4.98 Å². The molecule has 1 N–H and O–H groups in total. The van der Waals surface area contributed by atoms with Crippen LogP contribution >= 0.6 is 7.52 Å². The number of hydrogen-bond acceptors (Lipinski definition) is 3. The Kier molecular flexibility index (Phi) is 6.16. The summed E-state index contributed by atoms with van der Waals surface area (Å²) in [4.78, 5) is 4.29. The van der Waals surface area contributed by atoms with Crippen LogP contribution in [-0.4, -0.2) is 11.1 Å². The monoisotopic (exact) mass is 372 g/mol. The highest BCUT2D eigenvalue weighted by atomic mass is 31.2. The Labute approximate surface area is 156 Å². The molecule has 1 heterocycles. The van der Waals surface area contributed by atoms with E-state index in [2.05, 4.69) is 30.8 Å². The molecule has 5 heteroatoms. The molecule has 1 aliphatic carbocycles. The second-order valence-corrected chi connectivity index (χ2v) is 9.74. The molecule has 0 radical (unpaired) electrons. The zero-order valence-electron chi connectivity index (χ0n) is 15.8. The maximum atomic E-state index is 14.0. The highest BCUT2D eigenvalue weighted by Gasteiger charge is 2.38. The van der Waals surface area contributed by atoms with Crippen molar-refractivity contribution in [3.05, 3.63) is 54.7 Å². The van der Waals surface area contributed by atoms with Crippen molar-refractivity contribution in [1.82, 2.24) is 4.98 Å². The quantitative estimate of drug-likeness (QED) is 0.681. The Morgan fingerprint density at radius 1 is 1.12 bits per heavy atom. The summed E-state index contributed by atoms with van der Waals surface area (Å²) in [5.74, 6) is 2.10. The van der Waals surface area contributed by atoms with Gasteiger partial charge in [0.15, 0.2) is 0 Å². The molecule has 26 heavy (non-hydrogen) atoms. The topological polar surface area (TPSA) is 51.2 Å². The van der Waals surface area contributed by atoms with E-state index in [0.717, 1.165) is 12.8 Å². The number of benzene rings is 1. The van der Waals surface area contributed by atoms with Gasteiger partial charge in [0.2, 0.25) is 0 Å². The van der Waals surface area contributed by atoms with Crippen LogP contribution in [0, 0.1) is 17.8 Å². The largest absolute Gasteiger partial charge is 0.325 e. The minimum atomic E-state index is -3.28. The smallest absolute Gasteiger partial charge is 0.306 e. The molecular weight excluding hydrogens is 343 g/mol. The van der Waals surface area contributed by atoms with Gasteiger partial charge in [-0.05, 0) is 54.9 Å². The number of nitrogens with zero attached hydrogens (tertiary/aromatic N) is 1. The standard InChI is InChI=1S/C21H29N2O2P/c1-16(2)19-13-12-17(3)15-20(19)25-26(24,18-9-5-4-6-10-18)23-21-11-7-8-14-22-21/h4-11,14,16-17,19-20H,12-13,15H2,1-3H3,(H,22,23,24)/t17-,19-,20+,26+/m1/s1. The Morgan fingerprint density at radius 2 is 1.85 bits per heavy atom. The molecule has 1 aliphatic rings. The molecule has 4 nitrogen and oxygen atoms in total. The van der Waals surface area contributed by atoms with E-state index in [4.69, 9.17) is 4.52 Å². The number of aromatic nitrogens is 1. The van der Waals surface area contributed by atoms with Gasteiger partial charge in [-0.3, -0.25) is 9.65 Å². The summed E-state index contributed by atoms with van der Waals surface area (Å²) >= 11 is 0. The van der Waals surface area contributed by atoms with Crippen molar-refractivity contribution in [3.8, 4) is 0 Å². The van der Waals surface area contributed by atoms with Crippen LogP contribution < -0.4 is 10.4 Å². The Hall–Kier alpha value is -1.64. The van der Waals surface area contributed by atoms with Crippen molar-refractivity contribution in [2.45, 2.75) is 46.1 Å². The SMILES string of the molecule is CC(C)[C@H]1CC[C@@H](C)C[C@@H]1O[P@](=O)(Nc1ccccn1)c1ccccc1. The predicted octanol–water partition coefficient (Wildman–Crippen LogP) is 5.49. The molecule has 0 bridgehead atoms. The lowest BCUT2D eigenvalue weighted by molar-refractivity contribution is 0.0505. The molecule has 1 aromatic carbocycles. The fourth-order valence-corrected chi connectivity index (χ4v) is 5.71. The summed E-state index contributed by atoms with van der Waals surface area (Å²) in [6.07, 6.45) is 4.97. The minimum Gasteiger partial charge on any atom is -0.306 e. The Bertz CT molecular complexity index is 736. The zero-order chi connectivity index (χ0) is 18.6. The fraction of sp³-hybridized carbons (Fsp3) is 0.476. The molecule has 0 unspecified atom stereocenters. The fourth-order valence-electron chi connectivity index (χ4n) is 3.78. The van der Waals surface area contributed by atoms with Crippen LogP contribution in [0.15, 0.2) is 54.7 Å². The van der Waals surface area contributed by atoms with Gasteiger partial charge in [-0.1, -0.05) is 51.5 Å². The molecule has 0 saturated heterocycles. The van der Waals surface area contributed by atoms with Crippen LogP contribution in [0.4, 0.5) is 5.82 Å². The molecule has 1 aromatic heterocycles. The number of nitrogens with one attached hydrogen (secondary N) is 1. The molecular formula is C21H29N2O2P. The van der Waals surface area contributed by atoms with Gasteiger partial charge in [-0.2, -0.15) is 0 Å². The van der Waals surface area contributed by atoms with E-state index in [0.29, 0.717) is 28.9 Å². The van der Waals surface area contributed by atoms with Crippen molar-refractivity contribution < 1.29 is 9.09 Å². The molecule has 1 saturated carbocycles. The molecule has 2 aromatic rings. The first-order valence-corrected chi connectivity index (χ1v) is 11.1. The zero-order valence-corrected chi connectivity index (χ0v) is 16.7. The van der Waals surface area contributed by atoms with Crippen molar-refractivity contribution in [2.24, 2.45) is 17.8 Å². The van der Waals surface area contributed by atoms with Crippen LogP contribution in [-0.2, 0) is 9.09 Å². The highest BCUT2D eigenvalue weighted by Crippen LogP contribution is 2.50. The second-order valence-electron chi connectivity index (χ2n) is 7.68. The Morgan fingerprint density at radius 3 is 2.50 bits per heavy atom. The van der Waals surface area contributed by atoms with Crippen LogP contribution in [0.5, 0.6) is 0 Å². The summed E-state index contributed by atoms with van der Waals surface area (Å²) in [5, 5.41) is 3.80. The van der Waals surface area contributed by atoms with Crippen LogP contribution in [0.25, 0.3) is 0 Å². The van der Waals surface area contributed by atoms with Crippen molar-refractivity contribution >= 4 is 18.6 Å². The van der Waals surface area contributed by atoms with Gasteiger partial charge in [0.1, 0.15) is 5.82 Å². The molecule has 4 atom stereocenters. The van der Waals surface area contributed by atoms with Gasteiger partial charge in [0.25, 0.3) is 0 Å². The number of pyridine rings is 1. The number of anilines is 1. The van der Waals surface area contributed by atoms with Gasteiger partial charge < -0.3 is 4.52 Å². The van der Waals surface area contributed by atoms with Gasteiger partial charge in [0.05, 0.1) is 11.4 Å². The normalized spacial score (nSPS) is 25.6. The lowest BCUT2D eigenvalue weighted by atomic mass is 9.75. The van der Waals surface area contributed by atoms with Crippen molar-refractivity contribution in [2.75, 3.05) is 5.09 Å². The maximum Gasteiger partial charge on any atom is 0.325 e. The molecule has 0 aliphatic heterocycles. The average molecular weight is 372 g/mol. The van der Waals surface area contributed by atoms with Crippen LogP contribution in [0.2, 0.25) is 0 Å². The summed E-state index contributed by atoms with van der Waals surface area (Å²) in [5.41, 5.74) is 0. The average Bonchev–Trinajstić information content (AvgIpc) is 2.63. The lowest BCUT2D eigenvalue weighted by Gasteiger charge is -2.39. The minimum absolute atomic E-state index is 0.0130. The lowest BCUT2D eigenvalue weighted by Crippen LogP contribution is -2.35. The predicted molar refractivity (Wildman–Crippen MR) is 108 cm³/mol. The number of rotatable bonds is 6. The maximum absolute atomic E-state index is 14.0. The first-order valence-electron chi connectivity index (χ1n) is 9.51. The van der Waals surface area contributed by atoms with Gasteiger partial charge in [0, 0.05) is 6.20 Å². The Balaban J connectivity index is 1.91. The van der Waals surface area contributed by atoms with Crippen LogP contribution in [0.1, 0.15) is 40.0 Å². The first kappa shape index (κ1) is 19.1. The third kappa shape index (κ3) is 4.55. The van der Waals surface area contributed by atoms with E-state index in [1.807, 2.05) is 48.5 Å². The first-order chi connectivity index (χ1) is 12.5. The highest BCUT2D eigenvalue weighted by molar-refractivity contribution is 7.68. The molecule has 0 amide bonds. The van der Waals surface area contributed by atoms with E-state index in [9.17, 15) is 4.57 Å². The van der Waals surface area contributed by atoms with E-state index >= 15 is 0 Å². The van der Waals surface area contributed by atoms with Gasteiger partial charge in [-0.15, -0.1) is 0 Å². The summed E-state index contributed by atoms with van der Waals surface area (Å²) in [6, 6.07) is 15.0. The third-order valence-electron chi connectivity index (χ3n) is 5.27. The number of hydrogen-bond donors (Lipinski definition) is 1. The van der Waals surface area contributed by atoms with E-state index in [1.165, 1.54) is 6.42 Å². The molecule has 0 spiro atoms. The van der Waals surface area contributed by atoms with E-state index in [-0.39, 0.29) is 6.10 Å². The second kappa shape index (κ2) is 8.37. The summed E-state index contributed by atoms with van der Waals surface area (Å²) in [7, 11) is -3.28. The summed E-state index contributed by atoms with van der Waals surface area (Å²) < 4.78 is 20.4. The molecule has 140 valence electrons.